The van der Waals surface area contributed by atoms with Gasteiger partial charge in [-0.3, -0.25) is 19.5 Å². The van der Waals surface area contributed by atoms with E-state index in [0.717, 1.165) is 29.9 Å². The minimum absolute atomic E-state index is 0. The van der Waals surface area contributed by atoms with Gasteiger partial charge in [-0.05, 0) is 35.9 Å². The van der Waals surface area contributed by atoms with Crippen LogP contribution >= 0.6 is 24.0 Å². The zero-order valence-electron chi connectivity index (χ0n) is 16.8. The van der Waals surface area contributed by atoms with Crippen LogP contribution in [-0.4, -0.2) is 40.2 Å². The number of halogens is 1. The van der Waals surface area contributed by atoms with Crippen LogP contribution in [0.5, 0.6) is 0 Å². The van der Waals surface area contributed by atoms with E-state index >= 15 is 0 Å². The molecule has 0 saturated carbocycles. The van der Waals surface area contributed by atoms with Crippen molar-refractivity contribution in [3.05, 3.63) is 78.4 Å². The van der Waals surface area contributed by atoms with Crippen molar-refractivity contribution in [2.75, 3.05) is 18.9 Å². The summed E-state index contributed by atoms with van der Waals surface area (Å²) in [4.78, 5) is 20.7. The van der Waals surface area contributed by atoms with Gasteiger partial charge in [-0.25, -0.2) is 0 Å². The first-order valence-electron chi connectivity index (χ1n) is 9.43. The summed E-state index contributed by atoms with van der Waals surface area (Å²) >= 11 is 0. The molecular formula is C21H26IN7O. The number of nitrogens with zero attached hydrogens (tertiary/aromatic N) is 4. The van der Waals surface area contributed by atoms with Gasteiger partial charge in [-0.2, -0.15) is 5.10 Å². The van der Waals surface area contributed by atoms with E-state index in [1.54, 1.807) is 36.4 Å². The summed E-state index contributed by atoms with van der Waals surface area (Å²) in [6, 6.07) is 15.4. The van der Waals surface area contributed by atoms with Crippen LogP contribution in [0.2, 0.25) is 0 Å². The number of nitrogens with one attached hydrogen (secondary N) is 3. The predicted octanol–water partition coefficient (Wildman–Crippen LogP) is 2.44. The van der Waals surface area contributed by atoms with Gasteiger partial charge in [0, 0.05) is 56.5 Å². The average Bonchev–Trinajstić information content (AvgIpc) is 3.24. The Morgan fingerprint density at radius 2 is 2.00 bits per heavy atom. The van der Waals surface area contributed by atoms with E-state index in [0.29, 0.717) is 12.5 Å². The molecule has 158 valence electrons. The molecule has 3 rings (SSSR count). The molecule has 0 radical (unpaired) electrons. The van der Waals surface area contributed by atoms with Crippen LogP contribution in [0.3, 0.4) is 0 Å². The second-order valence-corrected chi connectivity index (χ2v) is 6.38. The van der Waals surface area contributed by atoms with Crippen molar-refractivity contribution in [3.63, 3.8) is 0 Å². The summed E-state index contributed by atoms with van der Waals surface area (Å²) in [5.74, 6) is 0.597. The molecule has 1 aromatic carbocycles. The molecule has 1 amide bonds. The fourth-order valence-electron chi connectivity index (χ4n) is 2.76. The molecule has 3 aromatic rings. The number of pyridine rings is 1. The maximum Gasteiger partial charge on any atom is 0.246 e. The van der Waals surface area contributed by atoms with Gasteiger partial charge in [0.2, 0.25) is 5.91 Å². The quantitative estimate of drug-likeness (QED) is 0.242. The molecule has 2 aromatic heterocycles. The molecule has 8 nitrogen and oxygen atoms in total. The monoisotopic (exact) mass is 519 g/mol. The summed E-state index contributed by atoms with van der Waals surface area (Å²) in [7, 11) is 1.74. The molecular weight excluding hydrogens is 493 g/mol. The van der Waals surface area contributed by atoms with Gasteiger partial charge in [-0.15, -0.1) is 24.0 Å². The maximum absolute atomic E-state index is 12.1. The highest BCUT2D eigenvalue weighted by molar-refractivity contribution is 14.0. The molecule has 0 atom stereocenters. The van der Waals surface area contributed by atoms with Gasteiger partial charge >= 0.3 is 0 Å². The summed E-state index contributed by atoms with van der Waals surface area (Å²) in [5.41, 5.74) is 2.82. The molecule has 0 spiro atoms. The number of carbonyl (C=O) groups is 1. The molecule has 0 aliphatic heterocycles. The van der Waals surface area contributed by atoms with Crippen molar-refractivity contribution >= 4 is 41.5 Å². The lowest BCUT2D eigenvalue weighted by molar-refractivity contribution is -0.116. The molecule has 2 heterocycles. The highest BCUT2D eigenvalue weighted by Crippen LogP contribution is 2.10. The third-order valence-corrected chi connectivity index (χ3v) is 4.16. The predicted molar refractivity (Wildman–Crippen MR) is 129 cm³/mol. The van der Waals surface area contributed by atoms with Crippen molar-refractivity contribution in [2.45, 2.75) is 19.5 Å². The van der Waals surface area contributed by atoms with E-state index in [-0.39, 0.29) is 36.4 Å². The van der Waals surface area contributed by atoms with Crippen molar-refractivity contribution in [1.29, 1.82) is 0 Å². The van der Waals surface area contributed by atoms with Gasteiger partial charge in [0.1, 0.15) is 6.54 Å². The van der Waals surface area contributed by atoms with Gasteiger partial charge in [0.25, 0.3) is 0 Å². The van der Waals surface area contributed by atoms with E-state index in [2.05, 4.69) is 31.0 Å². The number of hydrogen-bond acceptors (Lipinski definition) is 4. The molecule has 0 saturated heterocycles. The van der Waals surface area contributed by atoms with Gasteiger partial charge in [0.05, 0.1) is 0 Å². The molecule has 0 aliphatic carbocycles. The number of aromatic nitrogens is 3. The van der Waals surface area contributed by atoms with Gasteiger partial charge in [0.15, 0.2) is 5.96 Å². The molecule has 0 bridgehead atoms. The summed E-state index contributed by atoms with van der Waals surface area (Å²) in [6.45, 7) is 1.51. The molecule has 0 aliphatic rings. The lowest BCUT2D eigenvalue weighted by Gasteiger charge is -2.13. The Bertz CT molecular complexity index is 930. The van der Waals surface area contributed by atoms with E-state index in [1.807, 2.05) is 42.5 Å². The summed E-state index contributed by atoms with van der Waals surface area (Å²) in [5, 5.41) is 13.5. The summed E-state index contributed by atoms with van der Waals surface area (Å²) in [6.07, 6.45) is 6.02. The lowest BCUT2D eigenvalue weighted by atomic mass is 10.2. The summed E-state index contributed by atoms with van der Waals surface area (Å²) < 4.78 is 1.58. The number of guanidine groups is 1. The first-order chi connectivity index (χ1) is 14.2. The zero-order chi connectivity index (χ0) is 20.3. The fourth-order valence-corrected chi connectivity index (χ4v) is 2.76. The van der Waals surface area contributed by atoms with Crippen LogP contribution < -0.4 is 16.0 Å². The van der Waals surface area contributed by atoms with Crippen molar-refractivity contribution in [2.24, 2.45) is 4.99 Å². The molecule has 9 heteroatoms. The van der Waals surface area contributed by atoms with Crippen LogP contribution in [0, 0.1) is 0 Å². The number of benzene rings is 1. The molecule has 0 unspecified atom stereocenters. The van der Waals surface area contributed by atoms with E-state index < -0.39 is 0 Å². The topological polar surface area (TPSA) is 96.2 Å². The first-order valence-corrected chi connectivity index (χ1v) is 9.43. The largest absolute Gasteiger partial charge is 0.356 e. The number of rotatable bonds is 8. The highest BCUT2D eigenvalue weighted by atomic mass is 127. The highest BCUT2D eigenvalue weighted by Gasteiger charge is 2.05. The van der Waals surface area contributed by atoms with Crippen LogP contribution in [0.4, 0.5) is 5.69 Å². The fraction of sp³-hybridized carbons (Fsp3) is 0.238. The van der Waals surface area contributed by atoms with Crippen LogP contribution in [0.1, 0.15) is 11.3 Å². The second-order valence-electron chi connectivity index (χ2n) is 6.38. The normalized spacial score (nSPS) is 10.8. The average molecular weight is 519 g/mol. The number of amides is 1. The van der Waals surface area contributed by atoms with Gasteiger partial charge in [-0.1, -0.05) is 18.2 Å². The minimum atomic E-state index is -0.120. The smallest absolute Gasteiger partial charge is 0.246 e. The third-order valence-electron chi connectivity index (χ3n) is 4.16. The Kier molecular flexibility index (Phi) is 9.78. The molecule has 0 fully saturated rings. The molecule has 30 heavy (non-hydrogen) atoms. The lowest BCUT2D eigenvalue weighted by Crippen LogP contribution is -2.37. The van der Waals surface area contributed by atoms with Crippen LogP contribution in [0.25, 0.3) is 0 Å². The Labute approximate surface area is 193 Å². The zero-order valence-corrected chi connectivity index (χ0v) is 19.1. The maximum atomic E-state index is 12.1. The standard InChI is InChI=1S/C21H25N7O.HI/c1-22-21(24-12-9-18-7-2-3-10-23-18)25-15-17-6-4-8-19(14-17)27-20(29)16-28-13-5-11-26-28;/h2-8,10-11,13-14H,9,12,15-16H2,1H3,(H,27,29)(H2,22,24,25);1H. The van der Waals surface area contributed by atoms with Crippen molar-refractivity contribution in [3.8, 4) is 0 Å². The Morgan fingerprint density at radius 3 is 2.73 bits per heavy atom. The third kappa shape index (κ3) is 7.82. The molecule has 3 N–H and O–H groups in total. The second kappa shape index (κ2) is 12.6. The number of carbonyl (C=O) groups excluding carboxylic acids is 1. The minimum Gasteiger partial charge on any atom is -0.356 e. The van der Waals surface area contributed by atoms with Crippen molar-refractivity contribution in [1.82, 2.24) is 25.4 Å². The van der Waals surface area contributed by atoms with E-state index in [1.165, 1.54) is 0 Å². The van der Waals surface area contributed by atoms with Crippen molar-refractivity contribution < 1.29 is 4.79 Å². The van der Waals surface area contributed by atoms with Crippen LogP contribution in [-0.2, 0) is 24.3 Å². The number of anilines is 1. The van der Waals surface area contributed by atoms with Crippen LogP contribution in [0.15, 0.2) is 72.1 Å². The number of aliphatic imine (C=N–C) groups is 1. The Balaban J connectivity index is 0.00000320. The van der Waals surface area contributed by atoms with E-state index in [9.17, 15) is 4.79 Å². The first kappa shape index (κ1) is 23.3. The number of hydrogen-bond donors (Lipinski definition) is 3. The SMILES string of the molecule is CN=C(NCCc1ccccn1)NCc1cccc(NC(=O)Cn2cccn2)c1.I. The van der Waals surface area contributed by atoms with Gasteiger partial charge < -0.3 is 16.0 Å². The Morgan fingerprint density at radius 1 is 1.10 bits per heavy atom. The van der Waals surface area contributed by atoms with E-state index in [4.69, 9.17) is 0 Å². The Hall–Kier alpha value is -2.95.